The first-order valence-corrected chi connectivity index (χ1v) is 9.17. The second-order valence-corrected chi connectivity index (χ2v) is 7.56. The highest BCUT2D eigenvalue weighted by Crippen LogP contribution is 2.16. The Labute approximate surface area is 147 Å². The molecule has 25 heavy (non-hydrogen) atoms. The van der Waals surface area contributed by atoms with Crippen LogP contribution in [-0.4, -0.2) is 44.3 Å². The van der Waals surface area contributed by atoms with E-state index in [0.29, 0.717) is 12.2 Å². The number of sulfonamides is 1. The molecular weight excluding hydrogens is 342 g/mol. The highest BCUT2D eigenvalue weighted by atomic mass is 32.2. The fraction of sp³-hybridized carbons (Fsp3) is 0.294. The summed E-state index contributed by atoms with van der Waals surface area (Å²) in [6.45, 7) is 2.50. The number of ether oxygens (including phenoxy) is 1. The molecule has 1 aromatic carbocycles. The Morgan fingerprint density at radius 2 is 1.88 bits per heavy atom. The normalized spacial score (nSPS) is 11.4. The number of hydrogen-bond donors (Lipinski definition) is 1. The van der Waals surface area contributed by atoms with Gasteiger partial charge in [-0.3, -0.25) is 4.79 Å². The standard InChI is InChI=1S/C17H21N3O4S/c1-4-24-17-15(6-5-11-18-17)16(21)19-12-13-7-9-14(10-8-13)25(22,23)20(2)3/h5-11H,4,12H2,1-3H3,(H,19,21). The molecular formula is C17H21N3O4S. The largest absolute Gasteiger partial charge is 0.477 e. The van der Waals surface area contributed by atoms with E-state index < -0.39 is 10.0 Å². The molecule has 0 saturated heterocycles. The van der Waals surface area contributed by atoms with E-state index in [1.807, 2.05) is 6.92 Å². The zero-order valence-electron chi connectivity index (χ0n) is 14.4. The lowest BCUT2D eigenvalue weighted by Crippen LogP contribution is -2.24. The summed E-state index contributed by atoms with van der Waals surface area (Å²) in [4.78, 5) is 16.5. The number of hydrogen-bond acceptors (Lipinski definition) is 5. The molecule has 2 rings (SSSR count). The van der Waals surface area contributed by atoms with Gasteiger partial charge in [0.2, 0.25) is 15.9 Å². The van der Waals surface area contributed by atoms with E-state index in [2.05, 4.69) is 10.3 Å². The summed E-state index contributed by atoms with van der Waals surface area (Å²) in [5.74, 6) is -0.0172. The first-order valence-electron chi connectivity index (χ1n) is 7.73. The van der Waals surface area contributed by atoms with E-state index in [-0.39, 0.29) is 23.2 Å². The van der Waals surface area contributed by atoms with Crippen molar-refractivity contribution < 1.29 is 17.9 Å². The second kappa shape index (κ2) is 8.09. The third-order valence-electron chi connectivity index (χ3n) is 3.45. The van der Waals surface area contributed by atoms with E-state index in [4.69, 9.17) is 4.74 Å². The monoisotopic (exact) mass is 363 g/mol. The van der Waals surface area contributed by atoms with Gasteiger partial charge in [-0.15, -0.1) is 0 Å². The minimum atomic E-state index is -3.46. The number of rotatable bonds is 7. The van der Waals surface area contributed by atoms with Crippen molar-refractivity contribution in [2.45, 2.75) is 18.4 Å². The fourth-order valence-electron chi connectivity index (χ4n) is 2.08. The Balaban J connectivity index is 2.06. The van der Waals surface area contributed by atoms with Gasteiger partial charge in [0.1, 0.15) is 5.56 Å². The van der Waals surface area contributed by atoms with Crippen molar-refractivity contribution in [3.63, 3.8) is 0 Å². The van der Waals surface area contributed by atoms with Crippen LogP contribution in [0.4, 0.5) is 0 Å². The number of carbonyl (C=O) groups is 1. The molecule has 1 aromatic heterocycles. The summed E-state index contributed by atoms with van der Waals surface area (Å²) >= 11 is 0. The number of amides is 1. The molecule has 0 spiro atoms. The second-order valence-electron chi connectivity index (χ2n) is 5.40. The van der Waals surface area contributed by atoms with Gasteiger partial charge in [-0.25, -0.2) is 17.7 Å². The van der Waals surface area contributed by atoms with Crippen molar-refractivity contribution in [3.8, 4) is 5.88 Å². The highest BCUT2D eigenvalue weighted by Gasteiger charge is 2.17. The summed E-state index contributed by atoms with van der Waals surface area (Å²) in [5.41, 5.74) is 1.14. The van der Waals surface area contributed by atoms with E-state index in [0.717, 1.165) is 9.87 Å². The Kier molecular flexibility index (Phi) is 6.11. The lowest BCUT2D eigenvalue weighted by Gasteiger charge is -2.12. The quantitative estimate of drug-likeness (QED) is 0.808. The molecule has 1 N–H and O–H groups in total. The average Bonchev–Trinajstić information content (AvgIpc) is 2.60. The van der Waals surface area contributed by atoms with Crippen molar-refractivity contribution in [2.75, 3.05) is 20.7 Å². The molecule has 8 heteroatoms. The van der Waals surface area contributed by atoms with Crippen LogP contribution >= 0.6 is 0 Å². The van der Waals surface area contributed by atoms with E-state index in [1.165, 1.54) is 26.2 Å². The Morgan fingerprint density at radius 3 is 2.48 bits per heavy atom. The molecule has 1 amide bonds. The number of nitrogens with one attached hydrogen (secondary N) is 1. The molecule has 0 atom stereocenters. The molecule has 0 aliphatic rings. The zero-order chi connectivity index (χ0) is 18.4. The summed E-state index contributed by atoms with van der Waals surface area (Å²) in [5, 5.41) is 2.78. The van der Waals surface area contributed by atoms with Gasteiger partial charge in [-0.1, -0.05) is 12.1 Å². The fourth-order valence-corrected chi connectivity index (χ4v) is 2.98. The van der Waals surface area contributed by atoms with Crippen LogP contribution in [0.2, 0.25) is 0 Å². The molecule has 1 heterocycles. The van der Waals surface area contributed by atoms with E-state index in [9.17, 15) is 13.2 Å². The van der Waals surface area contributed by atoms with Gasteiger partial charge >= 0.3 is 0 Å². The first-order chi connectivity index (χ1) is 11.9. The molecule has 0 radical (unpaired) electrons. The predicted molar refractivity (Wildman–Crippen MR) is 93.9 cm³/mol. The van der Waals surface area contributed by atoms with Gasteiger partial charge in [0.25, 0.3) is 5.91 Å². The molecule has 0 aliphatic carbocycles. The highest BCUT2D eigenvalue weighted by molar-refractivity contribution is 7.89. The third-order valence-corrected chi connectivity index (χ3v) is 5.28. The number of pyridine rings is 1. The number of benzene rings is 1. The molecule has 7 nitrogen and oxygen atoms in total. The lowest BCUT2D eigenvalue weighted by molar-refractivity contribution is 0.0946. The van der Waals surface area contributed by atoms with Crippen LogP contribution in [0.5, 0.6) is 5.88 Å². The third kappa shape index (κ3) is 4.55. The van der Waals surface area contributed by atoms with Crippen LogP contribution in [0.1, 0.15) is 22.8 Å². The average molecular weight is 363 g/mol. The maximum atomic E-state index is 12.3. The van der Waals surface area contributed by atoms with Crippen LogP contribution in [0.15, 0.2) is 47.5 Å². The Bertz CT molecular complexity index is 833. The van der Waals surface area contributed by atoms with Crippen LogP contribution in [0.25, 0.3) is 0 Å². The Morgan fingerprint density at radius 1 is 1.20 bits per heavy atom. The molecule has 2 aromatic rings. The van der Waals surface area contributed by atoms with Crippen molar-refractivity contribution in [1.29, 1.82) is 0 Å². The van der Waals surface area contributed by atoms with Crippen LogP contribution in [0, 0.1) is 0 Å². The van der Waals surface area contributed by atoms with Gasteiger partial charge in [0, 0.05) is 26.8 Å². The summed E-state index contributed by atoms with van der Waals surface area (Å²) in [6.07, 6.45) is 1.56. The van der Waals surface area contributed by atoms with Crippen LogP contribution in [0.3, 0.4) is 0 Å². The summed E-state index contributed by atoms with van der Waals surface area (Å²) in [6, 6.07) is 9.68. The predicted octanol–water partition coefficient (Wildman–Crippen LogP) is 1.66. The molecule has 0 unspecified atom stereocenters. The van der Waals surface area contributed by atoms with E-state index >= 15 is 0 Å². The van der Waals surface area contributed by atoms with Crippen molar-refractivity contribution in [1.82, 2.24) is 14.6 Å². The van der Waals surface area contributed by atoms with Crippen molar-refractivity contribution in [2.24, 2.45) is 0 Å². The Hall–Kier alpha value is -2.45. The smallest absolute Gasteiger partial charge is 0.257 e. The van der Waals surface area contributed by atoms with Gasteiger partial charge in [0.15, 0.2) is 0 Å². The minimum absolute atomic E-state index is 0.207. The molecule has 0 fully saturated rings. The van der Waals surface area contributed by atoms with Crippen molar-refractivity contribution >= 4 is 15.9 Å². The number of nitrogens with zero attached hydrogens (tertiary/aromatic N) is 2. The maximum Gasteiger partial charge on any atom is 0.257 e. The maximum absolute atomic E-state index is 12.3. The summed E-state index contributed by atoms with van der Waals surface area (Å²) < 4.78 is 30.6. The lowest BCUT2D eigenvalue weighted by atomic mass is 10.2. The summed E-state index contributed by atoms with van der Waals surface area (Å²) in [7, 11) is -0.500. The van der Waals surface area contributed by atoms with Gasteiger partial charge in [-0.2, -0.15) is 0 Å². The molecule has 0 saturated carbocycles. The van der Waals surface area contributed by atoms with Gasteiger partial charge < -0.3 is 10.1 Å². The van der Waals surface area contributed by atoms with Gasteiger partial charge in [0.05, 0.1) is 11.5 Å². The topological polar surface area (TPSA) is 88.6 Å². The number of carbonyl (C=O) groups excluding carboxylic acids is 1. The van der Waals surface area contributed by atoms with Crippen LogP contribution < -0.4 is 10.1 Å². The van der Waals surface area contributed by atoms with Crippen molar-refractivity contribution in [3.05, 3.63) is 53.7 Å². The van der Waals surface area contributed by atoms with Crippen LogP contribution in [-0.2, 0) is 16.6 Å². The SMILES string of the molecule is CCOc1ncccc1C(=O)NCc1ccc(S(=O)(=O)N(C)C)cc1. The van der Waals surface area contributed by atoms with Gasteiger partial charge in [-0.05, 0) is 36.8 Å². The number of aromatic nitrogens is 1. The molecule has 0 bridgehead atoms. The zero-order valence-corrected chi connectivity index (χ0v) is 15.2. The molecule has 0 aliphatic heterocycles. The molecule has 134 valence electrons. The minimum Gasteiger partial charge on any atom is -0.477 e. The first kappa shape index (κ1) is 18.9. The van der Waals surface area contributed by atoms with E-state index in [1.54, 1.807) is 30.5 Å².